The van der Waals surface area contributed by atoms with Crippen molar-refractivity contribution in [2.45, 2.75) is 6.92 Å². The first-order valence-corrected chi connectivity index (χ1v) is 6.12. The average molecular weight is 281 g/mol. The Bertz CT molecular complexity index is 502. The Morgan fingerprint density at radius 3 is 2.85 bits per heavy atom. The zero-order chi connectivity index (χ0) is 14.4. The number of carbonyl (C=O) groups excluding carboxylic acids is 2. The number of esters is 1. The first-order chi connectivity index (χ1) is 9.69. The summed E-state index contributed by atoms with van der Waals surface area (Å²) < 4.78 is 19.9. The molecule has 1 aromatic rings. The second kappa shape index (κ2) is 6.76. The zero-order valence-electron chi connectivity index (χ0n) is 11.0. The molecule has 0 aliphatic carbocycles. The monoisotopic (exact) mass is 281 g/mol. The van der Waals surface area contributed by atoms with Crippen LogP contribution in [0.25, 0.3) is 0 Å². The third kappa shape index (κ3) is 3.86. The smallest absolute Gasteiger partial charge is 0.332 e. The van der Waals surface area contributed by atoms with Gasteiger partial charge in [0.15, 0.2) is 18.1 Å². The minimum absolute atomic E-state index is 0.159. The van der Waals surface area contributed by atoms with Crippen molar-refractivity contribution in [3.05, 3.63) is 18.2 Å². The summed E-state index contributed by atoms with van der Waals surface area (Å²) >= 11 is 0. The first kappa shape index (κ1) is 14.1. The van der Waals surface area contributed by atoms with Gasteiger partial charge in [0.1, 0.15) is 6.61 Å². The van der Waals surface area contributed by atoms with Crippen molar-refractivity contribution >= 4 is 17.6 Å². The number of carbonyl (C=O) groups is 2. The van der Waals surface area contributed by atoms with Crippen LogP contribution in [0.4, 0.5) is 5.69 Å². The normalized spacial score (nSPS) is 12.1. The molecule has 108 valence electrons. The summed E-state index contributed by atoms with van der Waals surface area (Å²) in [5.74, 6) is 0.184. The highest BCUT2D eigenvalue weighted by Crippen LogP contribution is 2.34. The molecule has 1 N–H and O–H groups in total. The van der Waals surface area contributed by atoms with Crippen LogP contribution >= 0.6 is 0 Å². The fraction of sp³-hybridized carbons (Fsp3) is 0.385. The van der Waals surface area contributed by atoms with Crippen molar-refractivity contribution in [2.24, 2.45) is 0 Å². The van der Waals surface area contributed by atoms with Crippen LogP contribution in [0.15, 0.2) is 18.2 Å². The molecule has 0 radical (unpaired) electrons. The minimum atomic E-state index is -0.576. The summed E-state index contributed by atoms with van der Waals surface area (Å²) in [4.78, 5) is 22.7. The van der Waals surface area contributed by atoms with E-state index in [9.17, 15) is 9.59 Å². The molecular formula is C13H15NO6. The highest BCUT2D eigenvalue weighted by atomic mass is 16.7. The van der Waals surface area contributed by atoms with Crippen LogP contribution in [0.1, 0.15) is 6.92 Å². The van der Waals surface area contributed by atoms with E-state index in [2.05, 4.69) is 5.32 Å². The van der Waals surface area contributed by atoms with Gasteiger partial charge in [0.05, 0.1) is 0 Å². The summed E-state index contributed by atoms with van der Waals surface area (Å²) in [6.07, 6.45) is 0. The molecule has 2 rings (SSSR count). The van der Waals surface area contributed by atoms with E-state index < -0.39 is 11.9 Å². The van der Waals surface area contributed by atoms with Gasteiger partial charge in [-0.15, -0.1) is 0 Å². The molecule has 1 heterocycles. The number of ether oxygens (including phenoxy) is 4. The van der Waals surface area contributed by atoms with E-state index in [1.165, 1.54) is 0 Å². The van der Waals surface area contributed by atoms with E-state index in [4.69, 9.17) is 18.9 Å². The lowest BCUT2D eigenvalue weighted by atomic mass is 10.3. The third-order valence-electron chi connectivity index (χ3n) is 2.44. The third-order valence-corrected chi connectivity index (χ3v) is 2.44. The molecule has 7 heteroatoms. The maximum atomic E-state index is 11.6. The van der Waals surface area contributed by atoms with Crippen LogP contribution in [-0.2, 0) is 19.1 Å². The topological polar surface area (TPSA) is 83.1 Å². The van der Waals surface area contributed by atoms with Gasteiger partial charge < -0.3 is 24.3 Å². The number of benzene rings is 1. The second-order valence-electron chi connectivity index (χ2n) is 3.91. The number of anilines is 1. The fourth-order valence-corrected chi connectivity index (χ4v) is 1.54. The van der Waals surface area contributed by atoms with Gasteiger partial charge in [-0.25, -0.2) is 4.79 Å². The number of amides is 1. The molecule has 1 aliphatic rings. The molecule has 0 fully saturated rings. The lowest BCUT2D eigenvalue weighted by Crippen LogP contribution is -2.22. The van der Waals surface area contributed by atoms with Crippen LogP contribution in [0.2, 0.25) is 0 Å². The molecule has 1 aliphatic heterocycles. The van der Waals surface area contributed by atoms with Crippen LogP contribution in [-0.4, -0.2) is 38.5 Å². The van der Waals surface area contributed by atoms with Crippen molar-refractivity contribution < 1.29 is 28.5 Å². The van der Waals surface area contributed by atoms with Crippen molar-refractivity contribution in [3.8, 4) is 11.5 Å². The van der Waals surface area contributed by atoms with E-state index in [0.717, 1.165) is 0 Å². The molecule has 0 unspecified atom stereocenters. The van der Waals surface area contributed by atoms with E-state index >= 15 is 0 Å². The van der Waals surface area contributed by atoms with Crippen LogP contribution in [0.5, 0.6) is 11.5 Å². The van der Waals surface area contributed by atoms with Gasteiger partial charge in [0.25, 0.3) is 5.91 Å². The minimum Gasteiger partial charge on any atom is -0.454 e. The first-order valence-electron chi connectivity index (χ1n) is 6.12. The van der Waals surface area contributed by atoms with Crippen LogP contribution in [0.3, 0.4) is 0 Å². The van der Waals surface area contributed by atoms with Gasteiger partial charge in [0, 0.05) is 18.4 Å². The molecule has 0 spiro atoms. The Morgan fingerprint density at radius 2 is 2.05 bits per heavy atom. The maximum Gasteiger partial charge on any atom is 0.332 e. The van der Waals surface area contributed by atoms with E-state index in [0.29, 0.717) is 23.8 Å². The summed E-state index contributed by atoms with van der Waals surface area (Å²) in [6.45, 7) is 1.83. The standard InChI is InChI=1S/C13H15NO6/c1-2-17-7-13(16)18-6-12(15)14-9-3-4-10-11(5-9)20-8-19-10/h3-5H,2,6-8H2,1H3,(H,14,15). The van der Waals surface area contributed by atoms with Gasteiger partial charge in [-0.3, -0.25) is 4.79 Å². The average Bonchev–Trinajstić information content (AvgIpc) is 2.90. The molecule has 1 aromatic carbocycles. The molecule has 0 saturated carbocycles. The summed E-state index contributed by atoms with van der Waals surface area (Å²) in [7, 11) is 0. The van der Waals surface area contributed by atoms with E-state index in [1.54, 1.807) is 25.1 Å². The number of fused-ring (bicyclic) bond motifs is 1. The molecule has 1 amide bonds. The predicted octanol–water partition coefficient (Wildman–Crippen LogP) is 0.933. The van der Waals surface area contributed by atoms with Gasteiger partial charge in [0.2, 0.25) is 6.79 Å². The lowest BCUT2D eigenvalue weighted by Gasteiger charge is -2.07. The zero-order valence-corrected chi connectivity index (χ0v) is 11.0. The Labute approximate surface area is 115 Å². The Kier molecular flexibility index (Phi) is 4.78. The van der Waals surface area contributed by atoms with Gasteiger partial charge in [-0.1, -0.05) is 0 Å². The molecular weight excluding hydrogens is 266 g/mol. The largest absolute Gasteiger partial charge is 0.454 e. The summed E-state index contributed by atoms with van der Waals surface area (Å²) in [6, 6.07) is 5.01. The Morgan fingerprint density at radius 1 is 1.25 bits per heavy atom. The van der Waals surface area contributed by atoms with Crippen LogP contribution in [0, 0.1) is 0 Å². The SMILES string of the molecule is CCOCC(=O)OCC(=O)Nc1ccc2c(c1)OCO2. The molecule has 0 saturated heterocycles. The molecule has 20 heavy (non-hydrogen) atoms. The van der Waals surface area contributed by atoms with E-state index in [1.807, 2.05) is 0 Å². The summed E-state index contributed by atoms with van der Waals surface area (Å²) in [5.41, 5.74) is 0.542. The molecule has 0 atom stereocenters. The van der Waals surface area contributed by atoms with Crippen LogP contribution < -0.4 is 14.8 Å². The number of hydrogen-bond acceptors (Lipinski definition) is 6. The summed E-state index contributed by atoms with van der Waals surface area (Å²) in [5, 5.41) is 2.59. The molecule has 7 nitrogen and oxygen atoms in total. The Hall–Kier alpha value is -2.28. The van der Waals surface area contributed by atoms with Gasteiger partial charge in [-0.2, -0.15) is 0 Å². The van der Waals surface area contributed by atoms with Crippen molar-refractivity contribution in [3.63, 3.8) is 0 Å². The number of hydrogen-bond donors (Lipinski definition) is 1. The fourth-order valence-electron chi connectivity index (χ4n) is 1.54. The predicted molar refractivity (Wildman–Crippen MR) is 68.6 cm³/mol. The van der Waals surface area contributed by atoms with E-state index in [-0.39, 0.29) is 20.0 Å². The molecule has 0 aromatic heterocycles. The van der Waals surface area contributed by atoms with Crippen molar-refractivity contribution in [2.75, 3.05) is 31.9 Å². The van der Waals surface area contributed by atoms with Gasteiger partial charge in [-0.05, 0) is 19.1 Å². The lowest BCUT2D eigenvalue weighted by molar-refractivity contribution is -0.151. The Balaban J connectivity index is 1.78. The maximum absolute atomic E-state index is 11.6. The number of nitrogens with one attached hydrogen (secondary N) is 1. The highest BCUT2D eigenvalue weighted by Gasteiger charge is 2.14. The van der Waals surface area contributed by atoms with Crippen molar-refractivity contribution in [1.82, 2.24) is 0 Å². The highest BCUT2D eigenvalue weighted by molar-refractivity contribution is 5.93. The number of rotatable bonds is 6. The van der Waals surface area contributed by atoms with Crippen molar-refractivity contribution in [1.29, 1.82) is 0 Å². The molecule has 0 bridgehead atoms. The second-order valence-corrected chi connectivity index (χ2v) is 3.91. The van der Waals surface area contributed by atoms with Gasteiger partial charge >= 0.3 is 5.97 Å². The quantitative estimate of drug-likeness (QED) is 0.781.